The molecule has 1 heterocycles. The van der Waals surface area contributed by atoms with Crippen molar-refractivity contribution in [3.05, 3.63) is 18.5 Å². The average molecular weight is 210 g/mol. The Labute approximate surface area is 87.5 Å². The smallest absolute Gasteiger partial charge is 0.303 e. The van der Waals surface area contributed by atoms with E-state index in [1.54, 1.807) is 18.5 Å². The molecule has 0 amide bonds. The summed E-state index contributed by atoms with van der Waals surface area (Å²) in [5, 5.41) is 11.5. The molecule has 0 spiro atoms. The number of aromatic nitrogens is 2. The minimum Gasteiger partial charge on any atom is -0.481 e. The van der Waals surface area contributed by atoms with Crippen molar-refractivity contribution in [1.29, 1.82) is 0 Å². The summed E-state index contributed by atoms with van der Waals surface area (Å²) in [6.45, 7) is 0.353. The van der Waals surface area contributed by atoms with Crippen LogP contribution in [0, 0.1) is 0 Å². The number of nitrogens with two attached hydrogens (primary N) is 1. The van der Waals surface area contributed by atoms with Crippen LogP contribution in [0.1, 0.15) is 12.8 Å². The largest absolute Gasteiger partial charge is 0.481 e. The van der Waals surface area contributed by atoms with Crippen molar-refractivity contribution >= 4 is 11.9 Å². The predicted octanol–water partition coefficient (Wildman–Crippen LogP) is 0.0806. The summed E-state index contributed by atoms with van der Waals surface area (Å²) in [6.07, 6.45) is 3.77. The van der Waals surface area contributed by atoms with Gasteiger partial charge in [0.15, 0.2) is 0 Å². The summed E-state index contributed by atoms with van der Waals surface area (Å²) in [5.74, 6) is -0.359. The SMILES string of the molecule is NCC(CCC(=O)O)Nc1ncccn1. The highest BCUT2D eigenvalue weighted by Gasteiger charge is 2.09. The van der Waals surface area contributed by atoms with E-state index < -0.39 is 5.97 Å². The lowest BCUT2D eigenvalue weighted by Crippen LogP contribution is -2.30. The molecule has 15 heavy (non-hydrogen) atoms. The van der Waals surface area contributed by atoms with Crippen LogP contribution in [-0.4, -0.2) is 33.6 Å². The first-order chi connectivity index (χ1) is 7.22. The van der Waals surface area contributed by atoms with Crippen molar-refractivity contribution in [2.24, 2.45) is 5.73 Å². The fourth-order valence-corrected chi connectivity index (χ4v) is 1.10. The first-order valence-electron chi connectivity index (χ1n) is 4.67. The van der Waals surface area contributed by atoms with Gasteiger partial charge < -0.3 is 16.2 Å². The Morgan fingerprint density at radius 2 is 2.20 bits per heavy atom. The molecule has 0 aliphatic rings. The van der Waals surface area contributed by atoms with Crippen LogP contribution in [0.25, 0.3) is 0 Å². The lowest BCUT2D eigenvalue weighted by molar-refractivity contribution is -0.137. The van der Waals surface area contributed by atoms with E-state index in [2.05, 4.69) is 15.3 Å². The zero-order valence-electron chi connectivity index (χ0n) is 8.26. The molecule has 0 aliphatic carbocycles. The average Bonchev–Trinajstić information content (AvgIpc) is 2.25. The third-order valence-electron chi connectivity index (χ3n) is 1.89. The Kier molecular flexibility index (Phi) is 4.49. The summed E-state index contributed by atoms with van der Waals surface area (Å²) in [7, 11) is 0. The second-order valence-corrected chi connectivity index (χ2v) is 3.08. The van der Waals surface area contributed by atoms with Crippen LogP contribution < -0.4 is 11.1 Å². The predicted molar refractivity (Wildman–Crippen MR) is 55.4 cm³/mol. The standard InChI is InChI=1S/C9H14N4O2/c10-6-7(2-3-8(14)15)13-9-11-4-1-5-12-9/h1,4-5,7H,2-3,6,10H2,(H,14,15)(H,11,12,13). The monoisotopic (exact) mass is 210 g/mol. The maximum Gasteiger partial charge on any atom is 0.303 e. The first kappa shape index (κ1) is 11.4. The van der Waals surface area contributed by atoms with Gasteiger partial charge in [-0.15, -0.1) is 0 Å². The highest BCUT2D eigenvalue weighted by Crippen LogP contribution is 2.03. The van der Waals surface area contributed by atoms with Crippen molar-refractivity contribution in [2.75, 3.05) is 11.9 Å². The Morgan fingerprint density at radius 3 is 2.73 bits per heavy atom. The van der Waals surface area contributed by atoms with Gasteiger partial charge in [-0.2, -0.15) is 0 Å². The van der Waals surface area contributed by atoms with Gasteiger partial charge in [0.1, 0.15) is 0 Å². The number of carboxylic acids is 1. The lowest BCUT2D eigenvalue weighted by atomic mass is 10.1. The number of aliphatic carboxylic acids is 1. The summed E-state index contributed by atoms with van der Waals surface area (Å²) < 4.78 is 0. The van der Waals surface area contributed by atoms with Gasteiger partial charge in [-0.25, -0.2) is 9.97 Å². The Hall–Kier alpha value is -1.69. The van der Waals surface area contributed by atoms with Crippen molar-refractivity contribution < 1.29 is 9.90 Å². The summed E-state index contributed by atoms with van der Waals surface area (Å²) in [6, 6.07) is 1.60. The molecule has 4 N–H and O–H groups in total. The Bertz CT molecular complexity index is 304. The molecule has 1 unspecified atom stereocenters. The number of rotatable bonds is 6. The molecule has 1 aromatic rings. The number of hydrogen-bond acceptors (Lipinski definition) is 5. The minimum absolute atomic E-state index is 0.0850. The van der Waals surface area contributed by atoms with E-state index in [0.29, 0.717) is 18.9 Å². The van der Waals surface area contributed by atoms with Crippen molar-refractivity contribution in [3.63, 3.8) is 0 Å². The summed E-state index contributed by atoms with van der Waals surface area (Å²) >= 11 is 0. The molecule has 82 valence electrons. The van der Waals surface area contributed by atoms with Crippen molar-refractivity contribution in [1.82, 2.24) is 9.97 Å². The molecule has 0 aromatic carbocycles. The van der Waals surface area contributed by atoms with Crippen LogP contribution in [0.4, 0.5) is 5.95 Å². The van der Waals surface area contributed by atoms with Gasteiger partial charge >= 0.3 is 5.97 Å². The van der Waals surface area contributed by atoms with Gasteiger partial charge in [0.2, 0.25) is 5.95 Å². The number of carboxylic acid groups (broad SMARTS) is 1. The number of nitrogens with one attached hydrogen (secondary N) is 1. The second kappa shape index (κ2) is 5.92. The van der Waals surface area contributed by atoms with Crippen molar-refractivity contribution in [2.45, 2.75) is 18.9 Å². The molecule has 0 saturated carbocycles. The van der Waals surface area contributed by atoms with Crippen LogP contribution in [0.2, 0.25) is 0 Å². The fourth-order valence-electron chi connectivity index (χ4n) is 1.10. The normalized spacial score (nSPS) is 12.1. The minimum atomic E-state index is -0.829. The number of nitrogens with zero attached hydrogens (tertiary/aromatic N) is 2. The molecule has 0 fully saturated rings. The van der Waals surface area contributed by atoms with E-state index in [9.17, 15) is 4.79 Å². The summed E-state index contributed by atoms with van der Waals surface area (Å²) in [4.78, 5) is 18.3. The van der Waals surface area contributed by atoms with Gasteiger partial charge in [0, 0.05) is 31.4 Å². The maximum absolute atomic E-state index is 10.4. The number of anilines is 1. The molecule has 6 nitrogen and oxygen atoms in total. The van der Waals surface area contributed by atoms with Crippen LogP contribution >= 0.6 is 0 Å². The molecule has 6 heteroatoms. The topological polar surface area (TPSA) is 101 Å². The van der Waals surface area contributed by atoms with E-state index in [4.69, 9.17) is 10.8 Å². The van der Waals surface area contributed by atoms with Crippen molar-refractivity contribution in [3.8, 4) is 0 Å². The molecule has 0 aliphatic heterocycles. The van der Waals surface area contributed by atoms with E-state index in [1.807, 2.05) is 0 Å². The molecular formula is C9H14N4O2. The van der Waals surface area contributed by atoms with Crippen LogP contribution in [0.5, 0.6) is 0 Å². The van der Waals surface area contributed by atoms with Gasteiger partial charge in [0.05, 0.1) is 0 Å². The van der Waals surface area contributed by atoms with Gasteiger partial charge in [-0.1, -0.05) is 0 Å². The lowest BCUT2D eigenvalue weighted by Gasteiger charge is -2.15. The zero-order chi connectivity index (χ0) is 11.1. The second-order valence-electron chi connectivity index (χ2n) is 3.08. The fraction of sp³-hybridized carbons (Fsp3) is 0.444. The number of hydrogen-bond donors (Lipinski definition) is 3. The van der Waals surface area contributed by atoms with E-state index in [0.717, 1.165) is 0 Å². The van der Waals surface area contributed by atoms with Crippen LogP contribution in [0.3, 0.4) is 0 Å². The zero-order valence-corrected chi connectivity index (χ0v) is 8.26. The molecule has 0 bridgehead atoms. The summed E-state index contributed by atoms with van der Waals surface area (Å²) in [5.41, 5.74) is 5.50. The highest BCUT2D eigenvalue weighted by atomic mass is 16.4. The van der Waals surface area contributed by atoms with Gasteiger partial charge in [-0.3, -0.25) is 4.79 Å². The maximum atomic E-state index is 10.4. The quantitative estimate of drug-likeness (QED) is 0.614. The van der Waals surface area contributed by atoms with Gasteiger partial charge in [-0.05, 0) is 12.5 Å². The molecule has 1 aromatic heterocycles. The molecule has 1 atom stereocenters. The molecular weight excluding hydrogens is 196 g/mol. The highest BCUT2D eigenvalue weighted by molar-refractivity contribution is 5.66. The third kappa shape index (κ3) is 4.37. The van der Waals surface area contributed by atoms with E-state index in [-0.39, 0.29) is 12.5 Å². The van der Waals surface area contributed by atoms with E-state index in [1.165, 1.54) is 0 Å². The van der Waals surface area contributed by atoms with Crippen LogP contribution in [-0.2, 0) is 4.79 Å². The first-order valence-corrected chi connectivity index (χ1v) is 4.67. The molecule has 0 saturated heterocycles. The number of carbonyl (C=O) groups is 1. The van der Waals surface area contributed by atoms with E-state index >= 15 is 0 Å². The van der Waals surface area contributed by atoms with Crippen LogP contribution in [0.15, 0.2) is 18.5 Å². The van der Waals surface area contributed by atoms with Gasteiger partial charge in [0.25, 0.3) is 0 Å². The molecule has 0 radical (unpaired) electrons. The molecule has 1 rings (SSSR count). The Balaban J connectivity index is 2.43. The third-order valence-corrected chi connectivity index (χ3v) is 1.89. The Morgan fingerprint density at radius 1 is 1.53 bits per heavy atom.